The van der Waals surface area contributed by atoms with Gasteiger partial charge in [-0.05, 0) is 25.2 Å². The molecule has 0 fully saturated rings. The Kier molecular flexibility index (Phi) is 8.18. The van der Waals surface area contributed by atoms with Crippen LogP contribution in [0.15, 0.2) is 11.6 Å². The number of amides is 2. The lowest BCUT2D eigenvalue weighted by molar-refractivity contribution is -0.120. The molecule has 2 aromatic heterocycles. The third kappa shape index (κ3) is 6.17. The molecule has 0 aliphatic carbocycles. The van der Waals surface area contributed by atoms with Crippen molar-refractivity contribution >= 4 is 34.5 Å². The summed E-state index contributed by atoms with van der Waals surface area (Å²) in [7, 11) is 0. The molecule has 142 valence electrons. The second kappa shape index (κ2) is 10.4. The molecule has 0 radical (unpaired) electrons. The summed E-state index contributed by atoms with van der Waals surface area (Å²) in [5.41, 5.74) is 0.521. The van der Waals surface area contributed by atoms with E-state index < -0.39 is 0 Å². The lowest BCUT2D eigenvalue weighted by Crippen LogP contribution is -2.27. The minimum atomic E-state index is -0.128. The average Bonchev–Trinajstić information content (AvgIpc) is 3.26. The van der Waals surface area contributed by atoms with E-state index in [-0.39, 0.29) is 11.8 Å². The first-order chi connectivity index (χ1) is 12.5. The number of carbonyl (C=O) groups excluding carboxylic acids is 2. The van der Waals surface area contributed by atoms with E-state index in [1.54, 1.807) is 17.5 Å². The molecule has 0 spiro atoms. The maximum absolute atomic E-state index is 12.6. The topological polar surface area (TPSA) is 84.0 Å². The quantitative estimate of drug-likeness (QED) is 0.604. The van der Waals surface area contributed by atoms with Crippen LogP contribution in [0.3, 0.4) is 0 Å². The monoisotopic (exact) mass is 394 g/mol. The zero-order valence-electron chi connectivity index (χ0n) is 15.5. The molecule has 0 unspecified atom stereocenters. The minimum absolute atomic E-state index is 0.0598. The van der Waals surface area contributed by atoms with E-state index in [0.717, 1.165) is 34.2 Å². The van der Waals surface area contributed by atoms with Crippen molar-refractivity contribution < 1.29 is 9.59 Å². The van der Waals surface area contributed by atoms with E-state index >= 15 is 0 Å². The first kappa shape index (κ1) is 20.5. The van der Waals surface area contributed by atoms with Gasteiger partial charge in [0.15, 0.2) is 10.0 Å². The van der Waals surface area contributed by atoms with Crippen molar-refractivity contribution in [3.63, 3.8) is 0 Å². The van der Waals surface area contributed by atoms with Crippen LogP contribution in [0.1, 0.15) is 55.4 Å². The molecule has 0 atom stereocenters. The van der Waals surface area contributed by atoms with Gasteiger partial charge in [0.1, 0.15) is 5.69 Å². The summed E-state index contributed by atoms with van der Waals surface area (Å²) < 4.78 is 0. The molecule has 0 bridgehead atoms. The first-order valence-corrected chi connectivity index (χ1v) is 10.6. The Bertz CT molecular complexity index is 711. The number of carbonyl (C=O) groups is 2. The Morgan fingerprint density at radius 1 is 1.15 bits per heavy atom. The van der Waals surface area contributed by atoms with Crippen molar-refractivity contribution in [1.29, 1.82) is 0 Å². The second-order valence-electron chi connectivity index (χ2n) is 6.39. The molecule has 0 saturated carbocycles. The van der Waals surface area contributed by atoms with Crippen molar-refractivity contribution in [2.24, 2.45) is 5.92 Å². The second-order valence-corrected chi connectivity index (χ2v) is 8.37. The number of hydrogen-bond acceptors (Lipinski definition) is 6. The normalized spacial score (nSPS) is 10.9. The summed E-state index contributed by atoms with van der Waals surface area (Å²) in [5.74, 6) is 0.384. The van der Waals surface area contributed by atoms with Gasteiger partial charge in [-0.3, -0.25) is 9.59 Å². The summed E-state index contributed by atoms with van der Waals surface area (Å²) in [6.07, 6.45) is 4.74. The van der Waals surface area contributed by atoms with Gasteiger partial charge in [0.05, 0.1) is 0 Å². The lowest BCUT2D eigenvalue weighted by atomic mass is 10.1. The van der Waals surface area contributed by atoms with Gasteiger partial charge in [-0.1, -0.05) is 20.8 Å². The van der Waals surface area contributed by atoms with Crippen molar-refractivity contribution in [3.8, 4) is 10.0 Å². The number of rotatable bonds is 10. The van der Waals surface area contributed by atoms with Crippen LogP contribution in [0.4, 0.5) is 0 Å². The van der Waals surface area contributed by atoms with E-state index in [0.29, 0.717) is 31.1 Å². The van der Waals surface area contributed by atoms with Gasteiger partial charge < -0.3 is 10.6 Å². The van der Waals surface area contributed by atoms with Crippen molar-refractivity contribution in [2.45, 2.75) is 46.5 Å². The zero-order chi connectivity index (χ0) is 18.9. The molecule has 8 heteroatoms. The number of nitrogens with zero attached hydrogens (tertiary/aromatic N) is 2. The van der Waals surface area contributed by atoms with Gasteiger partial charge in [0.25, 0.3) is 5.91 Å². The summed E-state index contributed by atoms with van der Waals surface area (Å²) in [6, 6.07) is 0. The smallest absolute Gasteiger partial charge is 0.271 e. The van der Waals surface area contributed by atoms with Crippen LogP contribution < -0.4 is 10.6 Å². The van der Waals surface area contributed by atoms with Gasteiger partial charge >= 0.3 is 0 Å². The number of nitrogens with one attached hydrogen (secondary N) is 2. The molecule has 2 heterocycles. The third-order valence-electron chi connectivity index (χ3n) is 3.65. The molecule has 0 aliphatic rings. The average molecular weight is 395 g/mol. The SMILES string of the molecule is CCC(=O)NCCCCNC(=O)c1nc(-c2nccs2)sc1CC(C)C. The largest absolute Gasteiger partial charge is 0.356 e. The first-order valence-electron chi connectivity index (χ1n) is 8.95. The summed E-state index contributed by atoms with van der Waals surface area (Å²) in [5, 5.41) is 9.36. The number of thiazole rings is 2. The van der Waals surface area contributed by atoms with Gasteiger partial charge in [-0.2, -0.15) is 0 Å². The van der Waals surface area contributed by atoms with E-state index in [1.165, 1.54) is 11.3 Å². The molecular weight excluding hydrogens is 368 g/mol. The molecule has 2 rings (SSSR count). The molecule has 0 aliphatic heterocycles. The van der Waals surface area contributed by atoms with Crippen LogP contribution in [0, 0.1) is 5.92 Å². The highest BCUT2D eigenvalue weighted by Crippen LogP contribution is 2.31. The Morgan fingerprint density at radius 2 is 1.88 bits per heavy atom. The van der Waals surface area contributed by atoms with Gasteiger partial charge in [-0.25, -0.2) is 9.97 Å². The van der Waals surface area contributed by atoms with E-state index in [2.05, 4.69) is 34.4 Å². The predicted octanol–water partition coefficient (Wildman–Crippen LogP) is 3.50. The van der Waals surface area contributed by atoms with Crippen molar-refractivity contribution in [3.05, 3.63) is 22.1 Å². The molecule has 0 saturated heterocycles. The molecule has 6 nitrogen and oxygen atoms in total. The molecule has 2 N–H and O–H groups in total. The molecule has 26 heavy (non-hydrogen) atoms. The molecule has 2 amide bonds. The number of unbranched alkanes of at least 4 members (excludes halogenated alkanes) is 1. The Morgan fingerprint density at radius 3 is 2.50 bits per heavy atom. The Labute approximate surface area is 162 Å². The Balaban J connectivity index is 1.91. The minimum Gasteiger partial charge on any atom is -0.356 e. The molecule has 2 aromatic rings. The fourth-order valence-electron chi connectivity index (χ4n) is 2.35. The van der Waals surface area contributed by atoms with Gasteiger partial charge in [-0.15, -0.1) is 22.7 Å². The highest BCUT2D eigenvalue weighted by molar-refractivity contribution is 7.20. The Hall–Kier alpha value is -1.80. The molecular formula is C18H26N4O2S2. The van der Waals surface area contributed by atoms with Crippen LogP contribution in [-0.2, 0) is 11.2 Å². The fourth-order valence-corrected chi connectivity index (χ4v) is 4.30. The number of hydrogen-bond donors (Lipinski definition) is 2. The van der Waals surface area contributed by atoms with Crippen LogP contribution in [0.2, 0.25) is 0 Å². The van der Waals surface area contributed by atoms with E-state index in [4.69, 9.17) is 0 Å². The van der Waals surface area contributed by atoms with Crippen molar-refractivity contribution in [1.82, 2.24) is 20.6 Å². The summed E-state index contributed by atoms with van der Waals surface area (Å²) in [4.78, 5) is 33.6. The van der Waals surface area contributed by atoms with E-state index in [9.17, 15) is 9.59 Å². The molecule has 0 aromatic carbocycles. The van der Waals surface area contributed by atoms with Crippen LogP contribution >= 0.6 is 22.7 Å². The van der Waals surface area contributed by atoms with Crippen LogP contribution in [0.5, 0.6) is 0 Å². The third-order valence-corrected chi connectivity index (χ3v) is 5.65. The maximum atomic E-state index is 12.6. The summed E-state index contributed by atoms with van der Waals surface area (Å²) in [6.45, 7) is 7.32. The maximum Gasteiger partial charge on any atom is 0.271 e. The standard InChI is InChI=1S/C18H26N4O2S2/c1-4-14(23)19-7-5-6-8-20-16(24)15-13(11-12(2)3)26-18(22-15)17-21-9-10-25-17/h9-10,12H,4-8,11H2,1-3H3,(H,19,23)(H,20,24). The zero-order valence-corrected chi connectivity index (χ0v) is 17.1. The van der Waals surface area contributed by atoms with Crippen LogP contribution in [-0.4, -0.2) is 34.9 Å². The van der Waals surface area contributed by atoms with E-state index in [1.807, 2.05) is 12.3 Å². The fraction of sp³-hybridized carbons (Fsp3) is 0.556. The summed E-state index contributed by atoms with van der Waals surface area (Å²) >= 11 is 3.09. The number of aromatic nitrogens is 2. The lowest BCUT2D eigenvalue weighted by Gasteiger charge is -2.07. The highest BCUT2D eigenvalue weighted by atomic mass is 32.1. The van der Waals surface area contributed by atoms with Gasteiger partial charge in [0, 0.05) is 36.0 Å². The van der Waals surface area contributed by atoms with Gasteiger partial charge in [0.2, 0.25) is 5.91 Å². The van der Waals surface area contributed by atoms with Crippen molar-refractivity contribution in [2.75, 3.05) is 13.1 Å². The predicted molar refractivity (Wildman–Crippen MR) is 107 cm³/mol. The van der Waals surface area contributed by atoms with Crippen LogP contribution in [0.25, 0.3) is 10.0 Å². The highest BCUT2D eigenvalue weighted by Gasteiger charge is 2.20.